The largest absolute Gasteiger partial charge is 1.00 e. The van der Waals surface area contributed by atoms with E-state index in [-0.39, 0.29) is 24.8 Å². The summed E-state index contributed by atoms with van der Waals surface area (Å²) in [7, 11) is 0. The third kappa shape index (κ3) is 4.71. The van der Waals surface area contributed by atoms with E-state index < -0.39 is 25.8 Å². The average Bonchev–Trinajstić information content (AvgIpc) is 3.19. The Bertz CT molecular complexity index is 1310. The third-order valence-corrected chi connectivity index (χ3v) is 27.9. The van der Waals surface area contributed by atoms with E-state index in [1.807, 2.05) is 3.28 Å². The van der Waals surface area contributed by atoms with Gasteiger partial charge in [0.1, 0.15) is 0 Å². The van der Waals surface area contributed by atoms with E-state index in [9.17, 15) is 0 Å². The first-order chi connectivity index (χ1) is 15.5. The molecule has 0 fully saturated rings. The maximum atomic E-state index is 2.63. The molecule has 35 heavy (non-hydrogen) atoms. The molecule has 0 amide bonds. The molecule has 0 aromatic heterocycles. The van der Waals surface area contributed by atoms with Crippen LogP contribution in [0.4, 0.5) is 0 Å². The van der Waals surface area contributed by atoms with E-state index in [2.05, 4.69) is 106 Å². The van der Waals surface area contributed by atoms with E-state index in [0.717, 1.165) is 0 Å². The zero-order chi connectivity index (χ0) is 24.4. The molecule has 186 valence electrons. The van der Waals surface area contributed by atoms with Crippen molar-refractivity contribution in [1.29, 1.82) is 0 Å². The molecular formula is C31H40Cl2SiZr. The van der Waals surface area contributed by atoms with E-state index >= 15 is 0 Å². The van der Waals surface area contributed by atoms with Crippen LogP contribution in [0.3, 0.4) is 0 Å². The van der Waals surface area contributed by atoms with Crippen molar-refractivity contribution >= 4 is 11.0 Å². The summed E-state index contributed by atoms with van der Waals surface area (Å²) in [5.74, 6) is 0.643. The topological polar surface area (TPSA) is 0 Å². The Kier molecular flexibility index (Phi) is 9.94. The molecule has 0 saturated heterocycles. The summed E-state index contributed by atoms with van der Waals surface area (Å²) in [6, 6.07) is 11.2. The number of benzene rings is 2. The maximum absolute atomic E-state index is 2.63. The molecule has 2 unspecified atom stereocenters. The maximum Gasteiger partial charge on any atom is -1.00 e. The van der Waals surface area contributed by atoms with E-state index in [1.54, 1.807) is 44.6 Å². The van der Waals surface area contributed by atoms with Gasteiger partial charge in [0.2, 0.25) is 0 Å². The standard InChI is InChI=1S/C20H21.C9H13.C2H6Si.2ClH.Zr/c1-12-11-18-15(4)13(2)14(3)16(5)20(18)19(12)17-9-7-6-8-10-17;1-6-5-7(2)9(4)8(6)3;1-3-2;;;/h6-11H,1-5H3;6H,1-4H3;1-2H3;2*1H;/q;;;;;+2/p-2. The smallest absolute Gasteiger partial charge is 1.00 e. The molecule has 4 rings (SSSR count). The van der Waals surface area contributed by atoms with Crippen molar-refractivity contribution in [3.8, 4) is 0 Å². The number of rotatable bonds is 3. The summed E-state index contributed by atoms with van der Waals surface area (Å²) in [6.45, 7) is 26.9. The molecule has 0 radical (unpaired) electrons. The van der Waals surface area contributed by atoms with Crippen LogP contribution in [-0.4, -0.2) is 5.43 Å². The van der Waals surface area contributed by atoms with Crippen molar-refractivity contribution in [2.24, 2.45) is 5.92 Å². The van der Waals surface area contributed by atoms with Gasteiger partial charge in [-0.1, -0.05) is 0 Å². The van der Waals surface area contributed by atoms with Crippen molar-refractivity contribution in [2.45, 2.75) is 79.0 Å². The predicted molar refractivity (Wildman–Crippen MR) is 144 cm³/mol. The van der Waals surface area contributed by atoms with Crippen LogP contribution in [-0.2, 0) is 20.4 Å². The Morgan fingerprint density at radius 2 is 1.23 bits per heavy atom. The SMILES string of the molecule is CC1=C(C)C(C)[C]([Zr+2]([CH]2C(C)=C(c3ccccc3)c3c(C)c(C)c(C)c(C)c32)=[Si](C)C)=C1C.[Cl-].[Cl-]. The van der Waals surface area contributed by atoms with Crippen LogP contribution < -0.4 is 24.8 Å². The molecule has 2 atom stereocenters. The molecule has 2 aromatic carbocycles. The van der Waals surface area contributed by atoms with Crippen LogP contribution in [0, 0.1) is 33.6 Å². The van der Waals surface area contributed by atoms with Crippen LogP contribution in [0.1, 0.15) is 77.2 Å². The first-order valence-corrected chi connectivity index (χ1v) is 21.3. The summed E-state index contributed by atoms with van der Waals surface area (Å²) >= 11 is -2.04. The van der Waals surface area contributed by atoms with E-state index in [4.69, 9.17) is 0 Å². The number of hydrogen-bond donors (Lipinski definition) is 0. The van der Waals surface area contributed by atoms with Crippen LogP contribution >= 0.6 is 0 Å². The molecule has 0 heterocycles. The molecule has 0 aliphatic heterocycles. The van der Waals surface area contributed by atoms with Gasteiger partial charge in [-0.15, -0.1) is 0 Å². The minimum atomic E-state index is -2.04. The second-order valence-electron chi connectivity index (χ2n) is 10.6. The third-order valence-electron chi connectivity index (χ3n) is 8.92. The van der Waals surface area contributed by atoms with Crippen LogP contribution in [0.2, 0.25) is 13.1 Å². The zero-order valence-electron chi connectivity index (χ0n) is 23.3. The van der Waals surface area contributed by atoms with Gasteiger partial charge >= 0.3 is 211 Å². The van der Waals surface area contributed by atoms with Crippen LogP contribution in [0.15, 0.2) is 55.9 Å². The fraction of sp³-hybridized carbons (Fsp3) is 0.419. The van der Waals surface area contributed by atoms with Crippen LogP contribution in [0.25, 0.3) is 5.57 Å². The number of hydrogen-bond acceptors (Lipinski definition) is 0. The van der Waals surface area contributed by atoms with Gasteiger partial charge in [0.05, 0.1) is 0 Å². The normalized spacial score (nSPS) is 18.8. The Balaban J connectivity index is 0.00000216. The van der Waals surface area contributed by atoms with Gasteiger partial charge in [-0.3, -0.25) is 0 Å². The summed E-state index contributed by atoms with van der Waals surface area (Å²) in [6.07, 6.45) is 0. The van der Waals surface area contributed by atoms with Crippen molar-refractivity contribution in [1.82, 2.24) is 0 Å². The van der Waals surface area contributed by atoms with Gasteiger partial charge in [-0.25, -0.2) is 0 Å². The zero-order valence-corrected chi connectivity index (χ0v) is 28.3. The molecule has 0 N–H and O–H groups in total. The molecule has 2 aromatic rings. The second-order valence-corrected chi connectivity index (χ2v) is 28.0. The van der Waals surface area contributed by atoms with Gasteiger partial charge in [-0.2, -0.15) is 0 Å². The molecule has 2 aliphatic rings. The summed E-state index contributed by atoms with van der Waals surface area (Å²) in [5, 5.41) is 0. The molecule has 0 saturated carbocycles. The fourth-order valence-corrected chi connectivity index (χ4v) is 27.2. The Labute approximate surface area is 234 Å². The molecule has 2 aliphatic carbocycles. The van der Waals surface area contributed by atoms with Crippen LogP contribution in [0.5, 0.6) is 0 Å². The molecule has 0 spiro atoms. The fourth-order valence-electron chi connectivity index (χ4n) is 6.43. The molecule has 0 nitrogen and oxygen atoms in total. The molecule has 0 bridgehead atoms. The van der Waals surface area contributed by atoms with E-state index in [1.165, 1.54) is 22.3 Å². The minimum Gasteiger partial charge on any atom is -1.00 e. The van der Waals surface area contributed by atoms with Gasteiger partial charge < -0.3 is 24.8 Å². The van der Waals surface area contributed by atoms with E-state index in [0.29, 0.717) is 9.54 Å². The average molecular weight is 603 g/mol. The predicted octanol–water partition coefficient (Wildman–Crippen LogP) is 2.93. The first kappa shape index (κ1) is 30.6. The molecule has 4 heteroatoms. The number of allylic oxidation sites excluding steroid dienone is 5. The first-order valence-electron chi connectivity index (χ1n) is 12.4. The monoisotopic (exact) mass is 600 g/mol. The molecular weight excluding hydrogens is 563 g/mol. The Morgan fingerprint density at radius 3 is 1.71 bits per heavy atom. The number of halogens is 2. The minimum absolute atomic E-state index is 0. The van der Waals surface area contributed by atoms with Crippen molar-refractivity contribution in [2.75, 3.05) is 0 Å². The van der Waals surface area contributed by atoms with Crippen molar-refractivity contribution in [3.63, 3.8) is 0 Å². The summed E-state index contributed by atoms with van der Waals surface area (Å²) in [5.41, 5.74) is 18.4. The van der Waals surface area contributed by atoms with Gasteiger partial charge in [0, 0.05) is 0 Å². The number of fused-ring (bicyclic) bond motifs is 1. The summed E-state index contributed by atoms with van der Waals surface area (Å²) < 4.78 is 2.59. The van der Waals surface area contributed by atoms with Crippen molar-refractivity contribution in [3.05, 3.63) is 94.8 Å². The van der Waals surface area contributed by atoms with Gasteiger partial charge in [-0.05, 0) is 0 Å². The Morgan fingerprint density at radius 1 is 0.686 bits per heavy atom. The van der Waals surface area contributed by atoms with Gasteiger partial charge in [0.25, 0.3) is 0 Å². The van der Waals surface area contributed by atoms with Gasteiger partial charge in [0.15, 0.2) is 0 Å². The van der Waals surface area contributed by atoms with Crippen molar-refractivity contribution < 1.29 is 45.2 Å². The quantitative estimate of drug-likeness (QED) is 0.475. The summed E-state index contributed by atoms with van der Waals surface area (Å²) in [4.78, 5) is 0. The second kappa shape index (κ2) is 11.4. The Hall–Kier alpha value is -0.660.